The second kappa shape index (κ2) is 14.1. The molecule has 2 amide bonds. The van der Waals surface area contributed by atoms with Gasteiger partial charge < -0.3 is 29.2 Å². The second-order valence-electron chi connectivity index (χ2n) is 11.4. The lowest BCUT2D eigenvalue weighted by molar-refractivity contribution is -0.178. The summed E-state index contributed by atoms with van der Waals surface area (Å²) in [4.78, 5) is 64.7. The number of imidazole rings is 1. The standard InChI is InChI=1S/C33H38N6O6S/c1-20-35-26-12-6-7-13-28(26)39(20)18-24-19-46-29(36-24)17-34-32(42)30(44-21(2)40)31(45-22(3)41)33(43)38-15-9-14-27(38)23-10-8-11-25(16-23)37(4)5/h6-8,10-13,16,19,27,30-31H,9,14-15,17-18H2,1-5H3,(H,34,42)/t27?,30-,31-/m1/s1. The average molecular weight is 647 g/mol. The van der Waals surface area contributed by atoms with Crippen molar-refractivity contribution >= 4 is 51.8 Å². The van der Waals surface area contributed by atoms with Gasteiger partial charge in [0.15, 0.2) is 0 Å². The van der Waals surface area contributed by atoms with Gasteiger partial charge in [-0.05, 0) is 49.6 Å². The lowest BCUT2D eigenvalue weighted by Crippen LogP contribution is -2.53. The summed E-state index contributed by atoms with van der Waals surface area (Å²) >= 11 is 1.37. The first-order chi connectivity index (χ1) is 22.0. The van der Waals surface area contributed by atoms with Gasteiger partial charge in [0.05, 0.1) is 35.9 Å². The Bertz CT molecular complexity index is 1750. The van der Waals surface area contributed by atoms with Gasteiger partial charge >= 0.3 is 11.9 Å². The molecular formula is C33H38N6O6S. The van der Waals surface area contributed by atoms with E-state index in [1.807, 2.05) is 79.8 Å². The van der Waals surface area contributed by atoms with Crippen molar-refractivity contribution in [2.24, 2.45) is 0 Å². The van der Waals surface area contributed by atoms with Crippen LogP contribution in [0.2, 0.25) is 0 Å². The number of amides is 2. The third-order valence-corrected chi connectivity index (χ3v) is 8.75. The van der Waals surface area contributed by atoms with Crippen molar-refractivity contribution in [3.05, 3.63) is 76.0 Å². The monoisotopic (exact) mass is 646 g/mol. The van der Waals surface area contributed by atoms with Crippen LogP contribution in [0.3, 0.4) is 0 Å². The molecule has 12 nitrogen and oxygen atoms in total. The molecule has 0 spiro atoms. The molecule has 0 bridgehead atoms. The van der Waals surface area contributed by atoms with Crippen LogP contribution in [-0.2, 0) is 41.7 Å². The van der Waals surface area contributed by atoms with Crippen LogP contribution in [0.4, 0.5) is 5.69 Å². The van der Waals surface area contributed by atoms with Gasteiger partial charge in [0.1, 0.15) is 10.8 Å². The summed E-state index contributed by atoms with van der Waals surface area (Å²) < 4.78 is 12.8. The van der Waals surface area contributed by atoms with E-state index >= 15 is 0 Å². The van der Waals surface area contributed by atoms with E-state index in [0.717, 1.165) is 54.1 Å². The minimum atomic E-state index is -1.69. The SMILES string of the molecule is CC(=O)O[C@@H](C(=O)NCc1nc(Cn2c(C)nc3ccccc32)cs1)[C@@H](OC(C)=O)C(=O)N1CCCC1c1cccc(N(C)C)c1. The molecule has 0 radical (unpaired) electrons. The molecule has 13 heteroatoms. The number of nitrogens with one attached hydrogen (secondary N) is 1. The fourth-order valence-corrected chi connectivity index (χ4v) is 6.45. The van der Waals surface area contributed by atoms with Crippen LogP contribution in [0, 0.1) is 6.92 Å². The number of thiazole rings is 1. The van der Waals surface area contributed by atoms with Crippen molar-refractivity contribution in [3.8, 4) is 0 Å². The highest BCUT2D eigenvalue weighted by atomic mass is 32.1. The van der Waals surface area contributed by atoms with Gasteiger partial charge in [-0.2, -0.15) is 0 Å². The molecule has 3 atom stereocenters. The van der Waals surface area contributed by atoms with Crippen LogP contribution in [0.1, 0.15) is 54.8 Å². The molecule has 1 saturated heterocycles. The number of likely N-dealkylation sites (tertiary alicyclic amines) is 1. The topological polar surface area (TPSA) is 136 Å². The van der Waals surface area contributed by atoms with Crippen LogP contribution >= 0.6 is 11.3 Å². The highest BCUT2D eigenvalue weighted by molar-refractivity contribution is 7.09. The number of carbonyl (C=O) groups is 4. The van der Waals surface area contributed by atoms with E-state index in [1.165, 1.54) is 11.3 Å². The van der Waals surface area contributed by atoms with E-state index in [0.29, 0.717) is 24.5 Å². The second-order valence-corrected chi connectivity index (χ2v) is 12.4. The number of benzene rings is 2. The highest BCUT2D eigenvalue weighted by Gasteiger charge is 2.44. The maximum Gasteiger partial charge on any atom is 0.303 e. The summed E-state index contributed by atoms with van der Waals surface area (Å²) in [6.07, 6.45) is -1.94. The van der Waals surface area contributed by atoms with Gasteiger partial charge in [0.25, 0.3) is 11.8 Å². The largest absolute Gasteiger partial charge is 0.448 e. The number of ether oxygens (including phenoxy) is 2. The van der Waals surface area contributed by atoms with Gasteiger partial charge in [-0.15, -0.1) is 11.3 Å². The van der Waals surface area contributed by atoms with Crippen LogP contribution in [-0.4, -0.2) is 76.0 Å². The molecule has 1 unspecified atom stereocenters. The first kappa shape index (κ1) is 32.6. The first-order valence-corrected chi connectivity index (χ1v) is 15.9. The van der Waals surface area contributed by atoms with Crippen LogP contribution in [0.25, 0.3) is 11.0 Å². The Hall–Kier alpha value is -4.78. The van der Waals surface area contributed by atoms with E-state index in [2.05, 4.69) is 19.9 Å². The van der Waals surface area contributed by atoms with Crippen LogP contribution in [0.15, 0.2) is 53.9 Å². The maximum absolute atomic E-state index is 14.0. The number of fused-ring (bicyclic) bond motifs is 1. The smallest absolute Gasteiger partial charge is 0.303 e. The molecule has 5 rings (SSSR count). The van der Waals surface area contributed by atoms with Crippen LogP contribution < -0.4 is 10.2 Å². The molecule has 0 aliphatic carbocycles. The zero-order valence-electron chi connectivity index (χ0n) is 26.6. The summed E-state index contributed by atoms with van der Waals surface area (Å²) in [7, 11) is 3.87. The number of rotatable bonds is 11. The molecule has 2 aromatic carbocycles. The van der Waals surface area contributed by atoms with Crippen LogP contribution in [0.5, 0.6) is 0 Å². The number of para-hydroxylation sites is 2. The number of anilines is 1. The van der Waals surface area contributed by atoms with Crippen molar-refractivity contribution in [1.82, 2.24) is 24.8 Å². The average Bonchev–Trinajstić information content (AvgIpc) is 3.77. The first-order valence-electron chi connectivity index (χ1n) is 15.1. The van der Waals surface area contributed by atoms with Gasteiger partial charge in [0.2, 0.25) is 12.2 Å². The number of esters is 2. The zero-order valence-corrected chi connectivity index (χ0v) is 27.4. The Morgan fingerprint density at radius 2 is 1.76 bits per heavy atom. The van der Waals surface area contributed by atoms with Crippen molar-refractivity contribution < 1.29 is 28.7 Å². The number of hydrogen-bond acceptors (Lipinski definition) is 10. The molecule has 242 valence electrons. The summed E-state index contributed by atoms with van der Waals surface area (Å²) in [5, 5.41) is 5.24. The molecule has 1 aliphatic heterocycles. The molecule has 4 aromatic rings. The van der Waals surface area contributed by atoms with Crippen molar-refractivity contribution in [1.29, 1.82) is 0 Å². The molecule has 2 aromatic heterocycles. The number of aromatic nitrogens is 3. The fourth-order valence-electron chi connectivity index (χ4n) is 5.73. The summed E-state index contributed by atoms with van der Waals surface area (Å²) in [5.74, 6) is -2.08. The zero-order chi connectivity index (χ0) is 33.0. The van der Waals surface area contributed by atoms with E-state index < -0.39 is 36.0 Å². The molecule has 1 aliphatic rings. The lowest BCUT2D eigenvalue weighted by Gasteiger charge is -2.32. The van der Waals surface area contributed by atoms with Crippen molar-refractivity contribution in [2.75, 3.05) is 25.5 Å². The molecule has 46 heavy (non-hydrogen) atoms. The maximum atomic E-state index is 14.0. The van der Waals surface area contributed by atoms with E-state index in [9.17, 15) is 19.2 Å². The number of aryl methyl sites for hydroxylation is 1. The summed E-state index contributed by atoms with van der Waals surface area (Å²) in [6.45, 7) is 5.15. The molecule has 1 fully saturated rings. The third-order valence-electron chi connectivity index (χ3n) is 7.85. The Morgan fingerprint density at radius 3 is 2.50 bits per heavy atom. The fraction of sp³-hybridized carbons (Fsp3) is 0.394. The van der Waals surface area contributed by atoms with Crippen molar-refractivity contribution in [2.45, 2.75) is 65.0 Å². The van der Waals surface area contributed by atoms with Gasteiger partial charge in [-0.25, -0.2) is 9.97 Å². The number of hydrogen-bond donors (Lipinski definition) is 1. The quantitative estimate of drug-likeness (QED) is 0.242. The highest BCUT2D eigenvalue weighted by Crippen LogP contribution is 2.34. The van der Waals surface area contributed by atoms with Gasteiger partial charge in [-0.3, -0.25) is 19.2 Å². The number of nitrogens with zero attached hydrogens (tertiary/aromatic N) is 5. The van der Waals surface area contributed by atoms with Gasteiger partial charge in [-0.1, -0.05) is 24.3 Å². The Labute approximate surface area is 271 Å². The van der Waals surface area contributed by atoms with E-state index in [1.54, 1.807) is 4.90 Å². The van der Waals surface area contributed by atoms with E-state index in [-0.39, 0.29) is 12.6 Å². The Kier molecular flexibility index (Phi) is 10.0. The third kappa shape index (κ3) is 7.36. The normalized spacial score (nSPS) is 15.8. The predicted octanol–water partition coefficient (Wildman–Crippen LogP) is 3.76. The summed E-state index contributed by atoms with van der Waals surface area (Å²) in [6, 6.07) is 15.4. The minimum Gasteiger partial charge on any atom is -0.448 e. The molecule has 1 N–H and O–H groups in total. The van der Waals surface area contributed by atoms with Crippen molar-refractivity contribution in [3.63, 3.8) is 0 Å². The summed E-state index contributed by atoms with van der Waals surface area (Å²) in [5.41, 5.74) is 4.59. The molecule has 3 heterocycles. The molecule has 0 saturated carbocycles. The number of carbonyl (C=O) groups excluding carboxylic acids is 4. The van der Waals surface area contributed by atoms with E-state index in [4.69, 9.17) is 9.47 Å². The Morgan fingerprint density at radius 1 is 1.02 bits per heavy atom. The molecular weight excluding hydrogens is 608 g/mol. The minimum absolute atomic E-state index is 0.0234. The predicted molar refractivity (Wildman–Crippen MR) is 173 cm³/mol. The lowest BCUT2D eigenvalue weighted by atomic mass is 10.0. The van der Waals surface area contributed by atoms with Gasteiger partial charge in [0, 0.05) is 45.6 Å². The Balaban J connectivity index is 1.32.